The molecule has 1 rings (SSSR count). The molecule has 1 aromatic heterocycles. The van der Waals surface area contributed by atoms with Crippen LogP contribution in [0.2, 0.25) is 0 Å². The van der Waals surface area contributed by atoms with Crippen molar-refractivity contribution in [2.24, 2.45) is 12.5 Å². The van der Waals surface area contributed by atoms with E-state index < -0.39 is 5.41 Å². The normalized spacial score (nSPS) is 10.5. The predicted octanol–water partition coefficient (Wildman–Crippen LogP) is 1.15. The van der Waals surface area contributed by atoms with Gasteiger partial charge < -0.3 is 5.32 Å². The molecule has 88 valence electrons. The maximum absolute atomic E-state index is 11.8. The van der Waals surface area contributed by atoms with Crippen LogP contribution in [0.3, 0.4) is 0 Å². The van der Waals surface area contributed by atoms with E-state index in [1.807, 2.05) is 12.1 Å². The van der Waals surface area contributed by atoms with Gasteiger partial charge in [-0.2, -0.15) is 15.6 Å². The van der Waals surface area contributed by atoms with Gasteiger partial charge in [-0.15, -0.1) is 0 Å². The highest BCUT2D eigenvalue weighted by Gasteiger charge is 2.25. The largest absolute Gasteiger partial charge is 0.308 e. The third-order valence-corrected chi connectivity index (χ3v) is 2.18. The van der Waals surface area contributed by atoms with E-state index in [1.165, 1.54) is 4.68 Å². The Labute approximate surface area is 99.5 Å². The van der Waals surface area contributed by atoms with Gasteiger partial charge in [0.15, 0.2) is 11.5 Å². The number of hydrogen-bond donors (Lipinski definition) is 1. The van der Waals surface area contributed by atoms with Crippen molar-refractivity contribution in [3.8, 4) is 12.1 Å². The van der Waals surface area contributed by atoms with Crippen LogP contribution in [0.25, 0.3) is 0 Å². The second-order valence-electron chi connectivity index (χ2n) is 4.62. The first kappa shape index (κ1) is 12.7. The molecule has 0 saturated heterocycles. The van der Waals surface area contributed by atoms with Crippen LogP contribution in [-0.2, 0) is 11.8 Å². The summed E-state index contributed by atoms with van der Waals surface area (Å²) in [5, 5.41) is 24.3. The van der Waals surface area contributed by atoms with Crippen molar-refractivity contribution < 1.29 is 4.79 Å². The van der Waals surface area contributed by atoms with E-state index in [-0.39, 0.29) is 23.0 Å². The van der Waals surface area contributed by atoms with E-state index in [4.69, 9.17) is 10.5 Å². The molecule has 1 amide bonds. The zero-order valence-corrected chi connectivity index (χ0v) is 10.2. The summed E-state index contributed by atoms with van der Waals surface area (Å²) in [6.45, 7) is 5.26. The molecule has 1 heterocycles. The fraction of sp³-hybridized carbons (Fsp3) is 0.455. The molecule has 0 aromatic carbocycles. The lowest BCUT2D eigenvalue weighted by Gasteiger charge is -2.16. The molecular weight excluding hydrogens is 218 g/mol. The first-order valence-corrected chi connectivity index (χ1v) is 5.00. The third-order valence-electron chi connectivity index (χ3n) is 2.18. The van der Waals surface area contributed by atoms with E-state index in [0.717, 1.165) is 0 Å². The number of anilines is 1. The van der Waals surface area contributed by atoms with Gasteiger partial charge in [0.25, 0.3) is 0 Å². The Morgan fingerprint density at radius 1 is 1.35 bits per heavy atom. The first-order valence-electron chi connectivity index (χ1n) is 5.00. The first-order chi connectivity index (χ1) is 7.81. The Morgan fingerprint density at radius 3 is 2.35 bits per heavy atom. The maximum Gasteiger partial charge on any atom is 0.230 e. The summed E-state index contributed by atoms with van der Waals surface area (Å²) < 4.78 is 1.27. The summed E-state index contributed by atoms with van der Waals surface area (Å²) >= 11 is 0. The third kappa shape index (κ3) is 2.43. The average molecular weight is 231 g/mol. The fourth-order valence-corrected chi connectivity index (χ4v) is 1.14. The predicted molar refractivity (Wildman–Crippen MR) is 60.7 cm³/mol. The minimum Gasteiger partial charge on any atom is -0.308 e. The number of carbonyl (C=O) groups is 1. The summed E-state index contributed by atoms with van der Waals surface area (Å²) in [6.07, 6.45) is 0. The van der Waals surface area contributed by atoms with E-state index in [2.05, 4.69) is 10.4 Å². The van der Waals surface area contributed by atoms with Crippen molar-refractivity contribution in [3.63, 3.8) is 0 Å². The maximum atomic E-state index is 11.8. The smallest absolute Gasteiger partial charge is 0.230 e. The van der Waals surface area contributed by atoms with Crippen molar-refractivity contribution in [1.82, 2.24) is 9.78 Å². The van der Waals surface area contributed by atoms with Crippen LogP contribution in [0.1, 0.15) is 32.0 Å². The molecule has 1 N–H and O–H groups in total. The minimum absolute atomic E-state index is 0.0904. The van der Waals surface area contributed by atoms with Crippen molar-refractivity contribution >= 4 is 11.7 Å². The number of aryl methyl sites for hydroxylation is 1. The molecule has 0 unspecified atom stereocenters. The number of hydrogen-bond acceptors (Lipinski definition) is 4. The molecule has 0 atom stereocenters. The molecular formula is C11H13N5O. The number of nitrogens with one attached hydrogen (secondary N) is 1. The minimum atomic E-state index is -0.586. The zero-order valence-electron chi connectivity index (χ0n) is 10.2. The Bertz CT molecular complexity index is 536. The van der Waals surface area contributed by atoms with Crippen LogP contribution in [0.15, 0.2) is 0 Å². The number of carbonyl (C=O) groups excluding carboxylic acids is 1. The lowest BCUT2D eigenvalue weighted by atomic mass is 9.96. The van der Waals surface area contributed by atoms with Crippen LogP contribution in [-0.4, -0.2) is 15.7 Å². The quantitative estimate of drug-likeness (QED) is 0.784. The van der Waals surface area contributed by atoms with Gasteiger partial charge in [-0.3, -0.25) is 9.48 Å². The molecule has 0 bridgehead atoms. The van der Waals surface area contributed by atoms with Gasteiger partial charge in [0, 0.05) is 12.5 Å². The van der Waals surface area contributed by atoms with Crippen LogP contribution in [0.5, 0.6) is 0 Å². The standard InChI is InChI=1S/C11H13N5O/c1-11(2,3)10(17)14-9-7(5-12)8(6-13)16(4)15-9/h1-4H3,(H,14,15,17). The molecule has 6 nitrogen and oxygen atoms in total. The highest BCUT2D eigenvalue weighted by molar-refractivity contribution is 5.94. The molecule has 0 aliphatic heterocycles. The van der Waals surface area contributed by atoms with Gasteiger partial charge in [0.05, 0.1) is 0 Å². The van der Waals surface area contributed by atoms with Crippen molar-refractivity contribution in [2.75, 3.05) is 5.32 Å². The van der Waals surface area contributed by atoms with Gasteiger partial charge in [0.2, 0.25) is 5.91 Å². The fourth-order valence-electron chi connectivity index (χ4n) is 1.14. The van der Waals surface area contributed by atoms with E-state index in [1.54, 1.807) is 27.8 Å². The van der Waals surface area contributed by atoms with Gasteiger partial charge in [-0.25, -0.2) is 0 Å². The van der Waals surface area contributed by atoms with Crippen LogP contribution < -0.4 is 5.32 Å². The van der Waals surface area contributed by atoms with Gasteiger partial charge in [-0.05, 0) is 0 Å². The monoisotopic (exact) mass is 231 g/mol. The molecule has 0 fully saturated rings. The Kier molecular flexibility index (Phi) is 3.19. The Balaban J connectivity index is 3.15. The molecule has 0 spiro atoms. The molecule has 1 aromatic rings. The summed E-state index contributed by atoms with van der Waals surface area (Å²) in [5.74, 6) is -0.122. The van der Waals surface area contributed by atoms with Gasteiger partial charge >= 0.3 is 0 Å². The summed E-state index contributed by atoms with van der Waals surface area (Å²) in [7, 11) is 1.55. The molecule has 6 heteroatoms. The summed E-state index contributed by atoms with van der Waals surface area (Å²) in [5.41, 5.74) is -0.360. The number of amides is 1. The molecule has 0 aliphatic rings. The number of nitriles is 2. The van der Waals surface area contributed by atoms with E-state index in [0.29, 0.717) is 0 Å². The Morgan fingerprint density at radius 2 is 1.94 bits per heavy atom. The summed E-state index contributed by atoms with van der Waals surface area (Å²) in [4.78, 5) is 11.8. The molecule has 0 radical (unpaired) electrons. The lowest BCUT2D eigenvalue weighted by Crippen LogP contribution is -2.28. The average Bonchev–Trinajstić information content (AvgIpc) is 2.52. The van der Waals surface area contributed by atoms with Gasteiger partial charge in [0.1, 0.15) is 17.7 Å². The molecule has 0 saturated carbocycles. The van der Waals surface area contributed by atoms with Gasteiger partial charge in [-0.1, -0.05) is 20.8 Å². The number of aromatic nitrogens is 2. The lowest BCUT2D eigenvalue weighted by molar-refractivity contribution is -0.123. The van der Waals surface area contributed by atoms with E-state index >= 15 is 0 Å². The van der Waals surface area contributed by atoms with E-state index in [9.17, 15) is 4.79 Å². The van der Waals surface area contributed by atoms with Crippen LogP contribution in [0, 0.1) is 28.1 Å². The highest BCUT2D eigenvalue weighted by Crippen LogP contribution is 2.20. The SMILES string of the molecule is Cn1nc(NC(=O)C(C)(C)C)c(C#N)c1C#N. The van der Waals surface area contributed by atoms with Crippen molar-refractivity contribution in [3.05, 3.63) is 11.3 Å². The van der Waals surface area contributed by atoms with Crippen molar-refractivity contribution in [2.45, 2.75) is 20.8 Å². The molecule has 17 heavy (non-hydrogen) atoms. The zero-order chi connectivity index (χ0) is 13.2. The Hall–Kier alpha value is -2.34. The topological polar surface area (TPSA) is 94.5 Å². The number of nitrogens with zero attached hydrogens (tertiary/aromatic N) is 4. The number of rotatable bonds is 1. The highest BCUT2D eigenvalue weighted by atomic mass is 16.2. The molecule has 0 aliphatic carbocycles. The van der Waals surface area contributed by atoms with Crippen LogP contribution in [0.4, 0.5) is 5.82 Å². The summed E-state index contributed by atoms with van der Waals surface area (Å²) in [6, 6.07) is 3.75. The van der Waals surface area contributed by atoms with Crippen LogP contribution >= 0.6 is 0 Å². The van der Waals surface area contributed by atoms with Crippen molar-refractivity contribution in [1.29, 1.82) is 10.5 Å². The second kappa shape index (κ2) is 4.26. The second-order valence-corrected chi connectivity index (χ2v) is 4.62.